The molecule has 2 amide bonds. The normalized spacial score (nSPS) is 14.3. The molecule has 1 saturated heterocycles. The second kappa shape index (κ2) is 7.51. The van der Waals surface area contributed by atoms with Crippen molar-refractivity contribution < 1.29 is 18.4 Å². The molecule has 0 bridgehead atoms. The molecule has 0 unspecified atom stereocenters. The third kappa shape index (κ3) is 3.51. The van der Waals surface area contributed by atoms with E-state index in [1.165, 1.54) is 17.0 Å². The molecule has 2 aromatic rings. The molecule has 1 aliphatic rings. The maximum Gasteiger partial charge on any atom is 0.257 e. The molecule has 0 aromatic heterocycles. The molecular weight excluding hydrogens is 340 g/mol. The standard InChI is InChI=1S/C19H19F2N3O2/c1-22-14-7-5-13(6-8-14)18(25)23-9-11-24(12-10-23)19(26)15-3-2-4-16(20)17(15)21/h2-8,22H,9-12H2,1H3. The maximum absolute atomic E-state index is 13.8. The molecule has 1 aliphatic heterocycles. The van der Waals surface area contributed by atoms with E-state index in [2.05, 4.69) is 5.32 Å². The van der Waals surface area contributed by atoms with Crippen LogP contribution in [0.4, 0.5) is 14.5 Å². The summed E-state index contributed by atoms with van der Waals surface area (Å²) in [6, 6.07) is 10.7. The van der Waals surface area contributed by atoms with Gasteiger partial charge in [-0.2, -0.15) is 0 Å². The highest BCUT2D eigenvalue weighted by Crippen LogP contribution is 2.17. The van der Waals surface area contributed by atoms with Crippen molar-refractivity contribution in [2.75, 3.05) is 38.5 Å². The van der Waals surface area contributed by atoms with Gasteiger partial charge in [-0.25, -0.2) is 8.78 Å². The van der Waals surface area contributed by atoms with Crippen LogP contribution in [0.15, 0.2) is 42.5 Å². The summed E-state index contributed by atoms with van der Waals surface area (Å²) in [5.74, 6) is -2.86. The maximum atomic E-state index is 13.8. The van der Waals surface area contributed by atoms with E-state index in [9.17, 15) is 18.4 Å². The molecule has 5 nitrogen and oxygen atoms in total. The number of carbonyl (C=O) groups is 2. The van der Waals surface area contributed by atoms with E-state index in [0.717, 1.165) is 11.8 Å². The molecule has 2 aromatic carbocycles. The third-order valence-corrected chi connectivity index (χ3v) is 4.46. The largest absolute Gasteiger partial charge is 0.388 e. The van der Waals surface area contributed by atoms with Gasteiger partial charge in [-0.3, -0.25) is 9.59 Å². The first-order valence-electron chi connectivity index (χ1n) is 8.31. The van der Waals surface area contributed by atoms with E-state index < -0.39 is 17.5 Å². The van der Waals surface area contributed by atoms with Crippen LogP contribution in [0.1, 0.15) is 20.7 Å². The monoisotopic (exact) mass is 359 g/mol. The highest BCUT2D eigenvalue weighted by molar-refractivity contribution is 5.96. The van der Waals surface area contributed by atoms with Crippen LogP contribution < -0.4 is 5.32 Å². The number of piperazine rings is 1. The highest BCUT2D eigenvalue weighted by Gasteiger charge is 2.27. The van der Waals surface area contributed by atoms with Gasteiger partial charge >= 0.3 is 0 Å². The fourth-order valence-electron chi connectivity index (χ4n) is 2.91. The minimum absolute atomic E-state index is 0.114. The quantitative estimate of drug-likeness (QED) is 0.917. The molecule has 0 radical (unpaired) electrons. The van der Waals surface area contributed by atoms with Crippen molar-refractivity contribution in [3.8, 4) is 0 Å². The van der Waals surface area contributed by atoms with Crippen LogP contribution in [0.3, 0.4) is 0 Å². The van der Waals surface area contributed by atoms with E-state index in [1.54, 1.807) is 24.1 Å². The van der Waals surface area contributed by atoms with Gasteiger partial charge in [0.1, 0.15) is 0 Å². The topological polar surface area (TPSA) is 52.7 Å². The van der Waals surface area contributed by atoms with Crippen molar-refractivity contribution in [1.29, 1.82) is 0 Å². The molecule has 136 valence electrons. The molecule has 26 heavy (non-hydrogen) atoms. The first kappa shape index (κ1) is 17.8. The summed E-state index contributed by atoms with van der Waals surface area (Å²) in [5, 5.41) is 2.99. The Morgan fingerprint density at radius 2 is 1.46 bits per heavy atom. The summed E-state index contributed by atoms with van der Waals surface area (Å²) in [7, 11) is 1.80. The van der Waals surface area contributed by atoms with Crippen LogP contribution >= 0.6 is 0 Å². The number of amides is 2. The van der Waals surface area contributed by atoms with Gasteiger partial charge in [0.2, 0.25) is 0 Å². The Morgan fingerprint density at radius 1 is 0.885 bits per heavy atom. The molecule has 1 N–H and O–H groups in total. The smallest absolute Gasteiger partial charge is 0.257 e. The van der Waals surface area contributed by atoms with Gasteiger partial charge in [0.15, 0.2) is 11.6 Å². The number of hydrogen-bond acceptors (Lipinski definition) is 3. The zero-order chi connectivity index (χ0) is 18.7. The van der Waals surface area contributed by atoms with Gasteiger partial charge in [0.05, 0.1) is 5.56 Å². The second-order valence-electron chi connectivity index (χ2n) is 6.01. The van der Waals surface area contributed by atoms with Gasteiger partial charge in [0.25, 0.3) is 11.8 Å². The first-order valence-corrected chi connectivity index (χ1v) is 8.31. The number of benzene rings is 2. The second-order valence-corrected chi connectivity index (χ2v) is 6.01. The summed E-state index contributed by atoms with van der Waals surface area (Å²) in [4.78, 5) is 28.0. The van der Waals surface area contributed by atoms with Crippen LogP contribution in [0, 0.1) is 11.6 Å². The number of anilines is 1. The molecule has 0 saturated carbocycles. The first-order chi connectivity index (χ1) is 12.5. The average molecular weight is 359 g/mol. The van der Waals surface area contributed by atoms with Crippen molar-refractivity contribution in [3.63, 3.8) is 0 Å². The molecule has 0 aliphatic carbocycles. The minimum Gasteiger partial charge on any atom is -0.388 e. The van der Waals surface area contributed by atoms with Gasteiger partial charge in [0, 0.05) is 44.5 Å². The van der Waals surface area contributed by atoms with Crippen molar-refractivity contribution in [1.82, 2.24) is 9.80 Å². The number of nitrogens with one attached hydrogen (secondary N) is 1. The van der Waals surface area contributed by atoms with Crippen LogP contribution in [0.2, 0.25) is 0 Å². The summed E-state index contributed by atoms with van der Waals surface area (Å²) >= 11 is 0. The van der Waals surface area contributed by atoms with Crippen molar-refractivity contribution in [2.24, 2.45) is 0 Å². The summed E-state index contributed by atoms with van der Waals surface area (Å²) in [6.45, 7) is 1.23. The van der Waals surface area contributed by atoms with Crippen LogP contribution in [-0.4, -0.2) is 54.8 Å². The molecule has 1 fully saturated rings. The predicted octanol–water partition coefficient (Wildman–Crippen LogP) is 2.60. The summed E-state index contributed by atoms with van der Waals surface area (Å²) in [5.41, 5.74) is 1.20. The number of halogens is 2. The fourth-order valence-corrected chi connectivity index (χ4v) is 2.91. The Morgan fingerprint density at radius 3 is 2.04 bits per heavy atom. The van der Waals surface area contributed by atoms with Gasteiger partial charge in [-0.15, -0.1) is 0 Å². The van der Waals surface area contributed by atoms with Gasteiger partial charge < -0.3 is 15.1 Å². The molecule has 0 spiro atoms. The Hall–Kier alpha value is -2.96. The summed E-state index contributed by atoms with van der Waals surface area (Å²) in [6.07, 6.45) is 0. The van der Waals surface area contributed by atoms with E-state index in [4.69, 9.17) is 0 Å². The Kier molecular flexibility index (Phi) is 5.16. The van der Waals surface area contributed by atoms with E-state index in [1.807, 2.05) is 12.1 Å². The predicted molar refractivity (Wildman–Crippen MR) is 94.2 cm³/mol. The van der Waals surface area contributed by atoms with Crippen LogP contribution in [0.5, 0.6) is 0 Å². The summed E-state index contributed by atoms with van der Waals surface area (Å²) < 4.78 is 27.1. The van der Waals surface area contributed by atoms with Crippen LogP contribution in [0.25, 0.3) is 0 Å². The average Bonchev–Trinajstić information content (AvgIpc) is 2.69. The molecule has 1 heterocycles. The molecule has 7 heteroatoms. The van der Waals surface area contributed by atoms with Crippen LogP contribution in [-0.2, 0) is 0 Å². The van der Waals surface area contributed by atoms with E-state index in [-0.39, 0.29) is 24.6 Å². The van der Waals surface area contributed by atoms with Gasteiger partial charge in [-0.1, -0.05) is 6.07 Å². The SMILES string of the molecule is CNc1ccc(C(=O)N2CCN(C(=O)c3cccc(F)c3F)CC2)cc1. The highest BCUT2D eigenvalue weighted by atomic mass is 19.2. The zero-order valence-corrected chi connectivity index (χ0v) is 14.3. The fraction of sp³-hybridized carbons (Fsp3) is 0.263. The lowest BCUT2D eigenvalue weighted by molar-refractivity contribution is 0.0532. The Bertz CT molecular complexity index is 816. The Labute approximate surface area is 150 Å². The van der Waals surface area contributed by atoms with Crippen molar-refractivity contribution in [3.05, 3.63) is 65.2 Å². The molecular formula is C19H19F2N3O2. The molecule has 3 rings (SSSR count). The number of rotatable bonds is 3. The number of nitrogens with zero attached hydrogens (tertiary/aromatic N) is 2. The number of carbonyl (C=O) groups excluding carboxylic acids is 2. The van der Waals surface area contributed by atoms with Crippen molar-refractivity contribution >= 4 is 17.5 Å². The lowest BCUT2D eigenvalue weighted by Gasteiger charge is -2.35. The van der Waals surface area contributed by atoms with E-state index >= 15 is 0 Å². The zero-order valence-electron chi connectivity index (χ0n) is 14.3. The lowest BCUT2D eigenvalue weighted by Crippen LogP contribution is -2.50. The third-order valence-electron chi connectivity index (χ3n) is 4.46. The van der Waals surface area contributed by atoms with Gasteiger partial charge in [-0.05, 0) is 36.4 Å². The van der Waals surface area contributed by atoms with Crippen molar-refractivity contribution in [2.45, 2.75) is 0 Å². The minimum atomic E-state index is -1.14. The lowest BCUT2D eigenvalue weighted by atomic mass is 10.1. The molecule has 0 atom stereocenters. The number of hydrogen-bond donors (Lipinski definition) is 1. The Balaban J connectivity index is 1.64. The van der Waals surface area contributed by atoms with E-state index in [0.29, 0.717) is 18.7 Å².